The lowest BCUT2D eigenvalue weighted by Crippen LogP contribution is -2.57. The number of nitrogens with zero attached hydrogens (tertiary/aromatic N) is 6. The molecule has 3 N–H and O–H groups in total. The number of nitrogens with one attached hydrogen (secondary N) is 3. The molecule has 3 aliphatic heterocycles. The minimum absolute atomic E-state index is 0.0661. The number of hydrogen-bond donors (Lipinski definition) is 3. The molecule has 5 heterocycles. The van der Waals surface area contributed by atoms with E-state index in [2.05, 4.69) is 35.9 Å². The summed E-state index contributed by atoms with van der Waals surface area (Å²) in [5.41, 5.74) is 1.54. The number of H-pyrrole nitrogens is 1. The molecular formula is C30H33N9O4. The van der Waals surface area contributed by atoms with Crippen LogP contribution in [-0.4, -0.2) is 98.8 Å². The van der Waals surface area contributed by atoms with Crippen LogP contribution >= 0.6 is 0 Å². The number of carbonyl (C=O) groups is 3. The van der Waals surface area contributed by atoms with Gasteiger partial charge in [-0.2, -0.15) is 10.1 Å². The SMILES string of the molecule is Cc1noc(C2CNCC2NC(=O)CN2CN(c3ccccc3)C3(CCN(C(=O)c4ccc5[nH]ncc5c4)CC3)C2=O)n1. The van der Waals surface area contributed by atoms with Gasteiger partial charge in [0.1, 0.15) is 12.1 Å². The maximum atomic E-state index is 14.1. The molecule has 3 saturated heterocycles. The van der Waals surface area contributed by atoms with Crippen LogP contribution < -0.4 is 15.5 Å². The van der Waals surface area contributed by atoms with Gasteiger partial charge in [0.25, 0.3) is 11.8 Å². The van der Waals surface area contributed by atoms with Crippen molar-refractivity contribution in [2.75, 3.05) is 44.3 Å². The molecule has 0 bridgehead atoms. The van der Waals surface area contributed by atoms with Crippen molar-refractivity contribution in [3.8, 4) is 0 Å². The van der Waals surface area contributed by atoms with Gasteiger partial charge in [-0.25, -0.2) is 0 Å². The first kappa shape index (κ1) is 27.1. The smallest absolute Gasteiger partial charge is 0.253 e. The summed E-state index contributed by atoms with van der Waals surface area (Å²) < 4.78 is 5.36. The topological polar surface area (TPSA) is 153 Å². The van der Waals surface area contributed by atoms with E-state index in [1.807, 2.05) is 47.4 Å². The van der Waals surface area contributed by atoms with Crippen LogP contribution in [0.4, 0.5) is 5.69 Å². The maximum absolute atomic E-state index is 14.1. The minimum Gasteiger partial charge on any atom is -0.350 e. The monoisotopic (exact) mass is 583 g/mol. The number of hydrogen-bond acceptors (Lipinski definition) is 9. The van der Waals surface area contributed by atoms with Crippen molar-refractivity contribution >= 4 is 34.3 Å². The summed E-state index contributed by atoms with van der Waals surface area (Å²) >= 11 is 0. The number of aryl methyl sites for hydroxylation is 1. The fraction of sp³-hybridized carbons (Fsp3) is 0.400. The zero-order valence-corrected chi connectivity index (χ0v) is 23.8. The van der Waals surface area contributed by atoms with Crippen molar-refractivity contribution in [1.29, 1.82) is 0 Å². The van der Waals surface area contributed by atoms with Crippen LogP contribution in [0.1, 0.15) is 40.8 Å². The number of para-hydroxylation sites is 1. The first-order valence-electron chi connectivity index (χ1n) is 14.6. The van der Waals surface area contributed by atoms with E-state index in [1.165, 1.54) is 0 Å². The molecule has 2 unspecified atom stereocenters. The van der Waals surface area contributed by atoms with E-state index in [1.54, 1.807) is 24.1 Å². The van der Waals surface area contributed by atoms with Crippen LogP contribution in [-0.2, 0) is 9.59 Å². The van der Waals surface area contributed by atoms with Crippen LogP contribution in [0.5, 0.6) is 0 Å². The van der Waals surface area contributed by atoms with Gasteiger partial charge >= 0.3 is 0 Å². The van der Waals surface area contributed by atoms with Gasteiger partial charge in [-0.15, -0.1) is 0 Å². The Morgan fingerprint density at radius 2 is 1.93 bits per heavy atom. The van der Waals surface area contributed by atoms with Crippen molar-refractivity contribution < 1.29 is 18.9 Å². The average Bonchev–Trinajstić information content (AvgIpc) is 3.82. The Bertz CT molecular complexity index is 1660. The summed E-state index contributed by atoms with van der Waals surface area (Å²) in [6, 6.07) is 15.1. The highest BCUT2D eigenvalue weighted by molar-refractivity contribution is 5.99. The molecule has 3 amide bonds. The van der Waals surface area contributed by atoms with Gasteiger partial charge < -0.3 is 29.9 Å². The van der Waals surface area contributed by atoms with Crippen LogP contribution in [0.3, 0.4) is 0 Å². The minimum atomic E-state index is -0.842. The van der Waals surface area contributed by atoms with E-state index in [9.17, 15) is 14.4 Å². The molecule has 222 valence electrons. The zero-order valence-electron chi connectivity index (χ0n) is 23.8. The summed E-state index contributed by atoms with van der Waals surface area (Å²) in [5.74, 6) is 0.505. The van der Waals surface area contributed by atoms with E-state index in [-0.39, 0.29) is 42.9 Å². The van der Waals surface area contributed by atoms with Crippen molar-refractivity contribution in [2.45, 2.75) is 37.3 Å². The number of aromatic amines is 1. The van der Waals surface area contributed by atoms with Gasteiger partial charge in [-0.1, -0.05) is 23.4 Å². The zero-order chi connectivity index (χ0) is 29.6. The van der Waals surface area contributed by atoms with Crippen LogP contribution in [0.2, 0.25) is 0 Å². The van der Waals surface area contributed by atoms with Gasteiger partial charge in [0.2, 0.25) is 11.8 Å². The lowest BCUT2D eigenvalue weighted by molar-refractivity contribution is -0.137. The van der Waals surface area contributed by atoms with Crippen molar-refractivity contribution in [2.24, 2.45) is 0 Å². The van der Waals surface area contributed by atoms with Crippen molar-refractivity contribution in [1.82, 2.24) is 40.8 Å². The Hall–Kier alpha value is -4.78. The quantitative estimate of drug-likeness (QED) is 0.306. The predicted molar refractivity (Wildman–Crippen MR) is 156 cm³/mol. The number of likely N-dealkylation sites (tertiary alicyclic amines) is 1. The molecule has 7 rings (SSSR count). The van der Waals surface area contributed by atoms with Crippen LogP contribution in [0, 0.1) is 6.92 Å². The lowest BCUT2D eigenvalue weighted by atomic mass is 9.85. The summed E-state index contributed by atoms with van der Waals surface area (Å²) in [5, 5.41) is 18.1. The standard InChI is InChI=1S/C30H33N9O4/c1-19-33-27(43-36-19)23-15-31-16-25(23)34-26(40)17-38-18-39(22-5-3-2-4-6-22)30(29(38)42)9-11-37(12-10-30)28(41)20-7-8-24-21(13-20)14-32-35-24/h2-8,13-14,23,25,31H,9-12,15-18H2,1H3,(H,32,35)(H,34,40). The Morgan fingerprint density at radius 3 is 2.70 bits per heavy atom. The van der Waals surface area contributed by atoms with Gasteiger partial charge in [0, 0.05) is 42.8 Å². The van der Waals surface area contributed by atoms with Gasteiger partial charge in [0.05, 0.1) is 30.3 Å². The van der Waals surface area contributed by atoms with E-state index in [0.717, 1.165) is 16.6 Å². The summed E-state index contributed by atoms with van der Waals surface area (Å²) in [6.45, 7) is 4.03. The highest BCUT2D eigenvalue weighted by Crippen LogP contribution is 2.39. The van der Waals surface area contributed by atoms with Crippen molar-refractivity contribution in [3.63, 3.8) is 0 Å². The fourth-order valence-corrected chi connectivity index (χ4v) is 6.64. The number of fused-ring (bicyclic) bond motifs is 1. The molecule has 4 aromatic rings. The molecule has 13 nitrogen and oxygen atoms in total. The third-order valence-electron chi connectivity index (χ3n) is 8.90. The number of carbonyl (C=O) groups excluding carboxylic acids is 3. The number of piperidine rings is 1. The molecule has 1 spiro atoms. The number of amides is 3. The fourth-order valence-electron chi connectivity index (χ4n) is 6.64. The van der Waals surface area contributed by atoms with E-state index >= 15 is 0 Å². The van der Waals surface area contributed by atoms with Crippen molar-refractivity contribution in [3.05, 3.63) is 72.0 Å². The first-order chi connectivity index (χ1) is 20.9. The normalized spacial score (nSPS) is 21.7. The highest BCUT2D eigenvalue weighted by atomic mass is 16.5. The highest BCUT2D eigenvalue weighted by Gasteiger charge is 2.54. The Balaban J connectivity index is 1.06. The molecule has 43 heavy (non-hydrogen) atoms. The molecule has 0 radical (unpaired) electrons. The number of aromatic nitrogens is 4. The Labute approximate surface area is 247 Å². The third kappa shape index (κ3) is 4.88. The Morgan fingerprint density at radius 1 is 1.12 bits per heavy atom. The molecular weight excluding hydrogens is 550 g/mol. The molecule has 2 atom stereocenters. The van der Waals surface area contributed by atoms with E-state index in [0.29, 0.717) is 56.3 Å². The molecule has 13 heteroatoms. The largest absolute Gasteiger partial charge is 0.350 e. The molecule has 3 fully saturated rings. The summed E-state index contributed by atoms with van der Waals surface area (Å²) in [6.07, 6.45) is 2.62. The van der Waals surface area contributed by atoms with E-state index < -0.39 is 5.54 Å². The molecule has 3 aliphatic rings. The maximum Gasteiger partial charge on any atom is 0.253 e. The molecule has 0 aliphatic carbocycles. The first-order valence-corrected chi connectivity index (χ1v) is 14.6. The van der Waals surface area contributed by atoms with Gasteiger partial charge in [0.15, 0.2) is 5.82 Å². The molecule has 2 aromatic carbocycles. The number of benzene rings is 2. The van der Waals surface area contributed by atoms with E-state index in [4.69, 9.17) is 4.52 Å². The number of anilines is 1. The number of rotatable bonds is 6. The summed E-state index contributed by atoms with van der Waals surface area (Å²) in [7, 11) is 0. The van der Waals surface area contributed by atoms with Crippen LogP contribution in [0.25, 0.3) is 10.9 Å². The second kappa shape index (κ2) is 10.8. The Kier molecular flexibility index (Phi) is 6.80. The predicted octanol–water partition coefficient (Wildman–Crippen LogP) is 1.41. The van der Waals surface area contributed by atoms with Gasteiger partial charge in [-0.05, 0) is 50.1 Å². The van der Waals surface area contributed by atoms with Gasteiger partial charge in [-0.3, -0.25) is 19.5 Å². The second-order valence-electron chi connectivity index (χ2n) is 11.5. The molecule has 0 saturated carbocycles. The van der Waals surface area contributed by atoms with Crippen LogP contribution in [0.15, 0.2) is 59.3 Å². The average molecular weight is 584 g/mol. The third-order valence-corrected chi connectivity index (χ3v) is 8.90. The molecule has 2 aromatic heterocycles. The summed E-state index contributed by atoms with van der Waals surface area (Å²) in [4.78, 5) is 50.7. The second-order valence-corrected chi connectivity index (χ2v) is 11.5. The lowest BCUT2D eigenvalue weighted by Gasteiger charge is -2.43.